The first-order chi connectivity index (χ1) is 56.5. The summed E-state index contributed by atoms with van der Waals surface area (Å²) in [5.74, 6) is -0.423. The summed E-state index contributed by atoms with van der Waals surface area (Å²) in [5, 5.41) is 65.6. The van der Waals surface area contributed by atoms with E-state index in [0.717, 1.165) is 135 Å². The Bertz CT molecular complexity index is 6330. The molecule has 116 heavy (non-hydrogen) atoms. The van der Waals surface area contributed by atoms with Crippen molar-refractivity contribution in [2.75, 3.05) is 7.11 Å². The molecule has 0 aliphatic carbocycles. The maximum atomic E-state index is 11.4. The molecule has 580 valence electrons. The van der Waals surface area contributed by atoms with E-state index in [0.29, 0.717) is 11.4 Å². The summed E-state index contributed by atoms with van der Waals surface area (Å²) in [6.45, 7) is 14.0. The summed E-state index contributed by atoms with van der Waals surface area (Å²) < 4.78 is 10.8. The van der Waals surface area contributed by atoms with E-state index < -0.39 is 5.97 Å². The standard InChI is InChI=1S/2C14H12N2.C13H11N3O2.2C12H11N3.3C9H11N3/c2*1-10-9-14(16-15-10)13-8-4-6-11-5-2-3-7-12(11)13;1-18-13(17)12-6-11(15-16-12)9-7-14-10-5-3-2-4-8(9)10;2*1-8-6-12(15-14-8)10-7-13-11-5-3-2-4-9(10)11;3*1-7-6-8(11-10-7)9-4-3-5-12(9)2/h2*2-9H,1H3,(H,15,16);2-7,14H,1H3,(H,15,16);2*2-7,13H,1H3,(H,14,15);3*3-6H,1-2H3,(H,10,11). The van der Waals surface area contributed by atoms with Gasteiger partial charge < -0.3 is 33.4 Å². The first-order valence-corrected chi connectivity index (χ1v) is 37.8. The molecule has 0 amide bonds. The third kappa shape index (κ3) is 18.3. The normalized spacial score (nSPS) is 10.8. The summed E-state index contributed by atoms with van der Waals surface area (Å²) in [4.78, 5) is 21.0. The van der Waals surface area contributed by atoms with Gasteiger partial charge in [0.2, 0.25) is 0 Å². The minimum atomic E-state index is -0.423. The molecule has 0 spiro atoms. The monoisotopic (exact) mass is 1530 g/mol. The molecule has 7 aromatic carbocycles. The van der Waals surface area contributed by atoms with Crippen LogP contribution in [0.2, 0.25) is 0 Å². The number of ether oxygens (including phenoxy) is 1. The van der Waals surface area contributed by atoms with Gasteiger partial charge in [-0.25, -0.2) is 4.79 Å². The van der Waals surface area contributed by atoms with Crippen LogP contribution in [0.1, 0.15) is 50.3 Å². The van der Waals surface area contributed by atoms with Gasteiger partial charge in [0.25, 0.3) is 0 Å². The number of carbonyl (C=O) groups is 1. The molecule has 14 heterocycles. The molecular formula is C92H90N22O2. The zero-order valence-electron chi connectivity index (χ0n) is 66.3. The Morgan fingerprint density at radius 2 is 0.534 bits per heavy atom. The Kier molecular flexibility index (Phi) is 23.9. The van der Waals surface area contributed by atoms with E-state index in [1.54, 1.807) is 6.07 Å². The molecular weight excluding hydrogens is 1450 g/mol. The maximum Gasteiger partial charge on any atom is 0.356 e. The number of hydrogen-bond acceptors (Lipinski definition) is 10. The van der Waals surface area contributed by atoms with Gasteiger partial charge in [0, 0.05) is 159 Å². The Morgan fingerprint density at radius 3 is 0.819 bits per heavy atom. The smallest absolute Gasteiger partial charge is 0.356 e. The number of methoxy groups -OCH3 is 1. The zero-order chi connectivity index (χ0) is 80.6. The molecule has 21 aromatic rings. The molecule has 0 unspecified atom stereocenters. The Hall–Kier alpha value is -15.3. The van der Waals surface area contributed by atoms with Gasteiger partial charge in [0.15, 0.2) is 0 Å². The largest absolute Gasteiger partial charge is 0.464 e. The van der Waals surface area contributed by atoms with Crippen molar-refractivity contribution in [2.45, 2.75) is 48.5 Å². The van der Waals surface area contributed by atoms with E-state index in [-0.39, 0.29) is 0 Å². The summed E-state index contributed by atoms with van der Waals surface area (Å²) in [5.41, 5.74) is 28.0. The van der Waals surface area contributed by atoms with Crippen molar-refractivity contribution < 1.29 is 9.53 Å². The highest BCUT2D eigenvalue weighted by molar-refractivity contribution is 5.99. The average Bonchev–Trinajstić information content (AvgIpc) is 1.33. The summed E-state index contributed by atoms with van der Waals surface area (Å²) in [6, 6.07) is 82.0. The van der Waals surface area contributed by atoms with Crippen molar-refractivity contribution in [3.05, 3.63) is 325 Å². The predicted octanol–water partition coefficient (Wildman–Crippen LogP) is 20.3. The molecule has 0 aliphatic rings. The summed E-state index contributed by atoms with van der Waals surface area (Å²) in [6.07, 6.45) is 11.9. The van der Waals surface area contributed by atoms with Crippen LogP contribution in [0.5, 0.6) is 0 Å². The number of rotatable bonds is 9. The molecule has 0 bridgehead atoms. The number of hydrogen-bond donors (Lipinski definition) is 11. The van der Waals surface area contributed by atoms with E-state index in [1.165, 1.54) is 50.6 Å². The minimum Gasteiger partial charge on any atom is -0.464 e. The molecule has 21 rings (SSSR count). The number of para-hydroxylation sites is 3. The van der Waals surface area contributed by atoms with E-state index in [1.807, 2.05) is 192 Å². The van der Waals surface area contributed by atoms with E-state index in [4.69, 9.17) is 0 Å². The van der Waals surface area contributed by atoms with Crippen LogP contribution in [0.4, 0.5) is 0 Å². The highest BCUT2D eigenvalue weighted by Gasteiger charge is 2.16. The van der Waals surface area contributed by atoms with Gasteiger partial charge in [-0.15, -0.1) is 0 Å². The number of benzene rings is 7. The second-order valence-corrected chi connectivity index (χ2v) is 28.0. The molecule has 0 radical (unpaired) electrons. The van der Waals surface area contributed by atoms with Crippen molar-refractivity contribution in [2.24, 2.45) is 21.1 Å². The van der Waals surface area contributed by atoms with Crippen molar-refractivity contribution in [1.82, 2.24) is 110 Å². The lowest BCUT2D eigenvalue weighted by atomic mass is 10.0. The fourth-order valence-electron chi connectivity index (χ4n) is 13.5. The van der Waals surface area contributed by atoms with E-state index in [9.17, 15) is 4.79 Å². The number of nitrogens with one attached hydrogen (secondary N) is 11. The number of esters is 1. The van der Waals surface area contributed by atoms with Crippen LogP contribution in [0.15, 0.2) is 280 Å². The number of aromatic amines is 11. The number of aryl methyl sites for hydroxylation is 10. The lowest BCUT2D eigenvalue weighted by molar-refractivity contribution is 0.0594. The number of carbonyl (C=O) groups excluding carboxylic acids is 1. The molecule has 11 N–H and O–H groups in total. The van der Waals surface area contributed by atoms with Gasteiger partial charge in [-0.2, -0.15) is 40.8 Å². The first kappa shape index (κ1) is 77.4. The molecule has 0 atom stereocenters. The topological polar surface area (TPSA) is 318 Å². The summed E-state index contributed by atoms with van der Waals surface area (Å²) >= 11 is 0. The van der Waals surface area contributed by atoms with Crippen LogP contribution in [0, 0.1) is 48.5 Å². The lowest BCUT2D eigenvalue weighted by Crippen LogP contribution is -2.00. The fourth-order valence-corrected chi connectivity index (χ4v) is 13.5. The minimum absolute atomic E-state index is 0.345. The molecule has 24 nitrogen and oxygen atoms in total. The average molecular weight is 1540 g/mol. The summed E-state index contributed by atoms with van der Waals surface area (Å²) in [7, 11) is 7.38. The van der Waals surface area contributed by atoms with Crippen LogP contribution in [-0.2, 0) is 25.9 Å². The number of aromatic nitrogens is 22. The van der Waals surface area contributed by atoms with Gasteiger partial charge in [-0.05, 0) is 173 Å². The van der Waals surface area contributed by atoms with Crippen molar-refractivity contribution in [1.29, 1.82) is 0 Å². The van der Waals surface area contributed by atoms with Crippen molar-refractivity contribution in [3.63, 3.8) is 0 Å². The number of nitrogens with zero attached hydrogens (tertiary/aromatic N) is 11. The Morgan fingerprint density at radius 1 is 0.276 bits per heavy atom. The molecule has 0 aliphatic heterocycles. The van der Waals surface area contributed by atoms with Crippen LogP contribution in [-0.4, -0.2) is 123 Å². The quantitative estimate of drug-likeness (QED) is 0.0607. The highest BCUT2D eigenvalue weighted by atomic mass is 16.5. The highest BCUT2D eigenvalue weighted by Crippen LogP contribution is 2.33. The third-order valence-corrected chi connectivity index (χ3v) is 19.3. The zero-order valence-corrected chi connectivity index (χ0v) is 66.3. The second kappa shape index (κ2) is 35.8. The molecule has 14 aromatic heterocycles. The van der Waals surface area contributed by atoms with Gasteiger partial charge in [0.05, 0.1) is 52.7 Å². The van der Waals surface area contributed by atoms with Crippen LogP contribution >= 0.6 is 0 Å². The number of H-pyrrole nitrogens is 11. The Balaban J connectivity index is 0.000000110. The fraction of sp³-hybridized carbons (Fsp3) is 0.120. The second-order valence-electron chi connectivity index (χ2n) is 28.0. The van der Waals surface area contributed by atoms with E-state index >= 15 is 0 Å². The predicted molar refractivity (Wildman–Crippen MR) is 464 cm³/mol. The van der Waals surface area contributed by atoms with Gasteiger partial charge in [0.1, 0.15) is 22.8 Å². The van der Waals surface area contributed by atoms with Gasteiger partial charge >= 0.3 is 5.97 Å². The number of fused-ring (bicyclic) bond motifs is 5. The van der Waals surface area contributed by atoms with Crippen molar-refractivity contribution >= 4 is 60.2 Å². The van der Waals surface area contributed by atoms with Crippen molar-refractivity contribution in [3.8, 4) is 90.5 Å². The van der Waals surface area contributed by atoms with Gasteiger partial charge in [-0.3, -0.25) is 40.8 Å². The maximum absolute atomic E-state index is 11.4. The van der Waals surface area contributed by atoms with E-state index in [2.05, 4.69) is 267 Å². The van der Waals surface area contributed by atoms with Gasteiger partial charge in [-0.1, -0.05) is 140 Å². The molecule has 0 fully saturated rings. The van der Waals surface area contributed by atoms with Crippen LogP contribution in [0.3, 0.4) is 0 Å². The van der Waals surface area contributed by atoms with Crippen LogP contribution in [0.25, 0.3) is 145 Å². The lowest BCUT2D eigenvalue weighted by Gasteiger charge is -2.02. The first-order valence-electron chi connectivity index (χ1n) is 37.8. The third-order valence-electron chi connectivity index (χ3n) is 19.3. The molecule has 24 heteroatoms. The van der Waals surface area contributed by atoms with Crippen LogP contribution < -0.4 is 0 Å². The Labute approximate surface area is 668 Å². The SMILES string of the molecule is COC(=O)c1cc(-c2c[nH]c3ccccc23)n[nH]1.Cc1cc(-c2c[nH]c3ccccc23)n[nH]1.Cc1cc(-c2c[nH]c3ccccc23)n[nH]1.Cc1cc(-c2cccc3ccccc23)n[nH]1.Cc1cc(-c2cccc3ccccc23)n[nH]1.Cc1cc(-c2cccn2C)n[nH]1.Cc1cc(-c2cccn2C)n[nH]1.Cc1cc(-c2cccn2C)n[nH]1. The molecule has 0 saturated carbocycles. The molecule has 0 saturated heterocycles.